The van der Waals surface area contributed by atoms with Crippen molar-refractivity contribution in [2.75, 3.05) is 18.0 Å². The normalized spacial score (nSPS) is 16.8. The van der Waals surface area contributed by atoms with Crippen LogP contribution in [-0.2, 0) is 4.79 Å². The first-order valence-corrected chi connectivity index (χ1v) is 4.61. The lowest BCUT2D eigenvalue weighted by molar-refractivity contribution is -0.113. The third-order valence-corrected chi connectivity index (χ3v) is 2.21. The van der Waals surface area contributed by atoms with Crippen molar-refractivity contribution >= 4 is 11.5 Å². The minimum Gasteiger partial charge on any atom is -0.359 e. The summed E-state index contributed by atoms with van der Waals surface area (Å²) in [5.41, 5.74) is 2.11. The molecule has 2 heterocycles. The fourth-order valence-corrected chi connectivity index (χ4v) is 1.63. The molecule has 0 bridgehead atoms. The molecule has 0 saturated carbocycles. The molecule has 3 heteroatoms. The second-order valence-corrected chi connectivity index (χ2v) is 3.52. The molecule has 0 aromatic carbocycles. The largest absolute Gasteiger partial charge is 0.359 e. The second kappa shape index (κ2) is 3.62. The fraction of sp³-hybridized carbons (Fsp3) is 0.273. The number of aromatic nitrogens is 1. The quantitative estimate of drug-likeness (QED) is 0.668. The Balaban J connectivity index is 2.22. The van der Waals surface area contributed by atoms with Crippen LogP contribution < -0.4 is 4.90 Å². The van der Waals surface area contributed by atoms with E-state index in [4.69, 9.17) is 0 Å². The second-order valence-electron chi connectivity index (χ2n) is 3.52. The van der Waals surface area contributed by atoms with Gasteiger partial charge in [-0.25, -0.2) is 0 Å². The van der Waals surface area contributed by atoms with E-state index < -0.39 is 0 Å². The van der Waals surface area contributed by atoms with Crippen molar-refractivity contribution in [3.05, 3.63) is 36.2 Å². The molecule has 0 spiro atoms. The number of hydrogen-bond acceptors (Lipinski definition) is 3. The van der Waals surface area contributed by atoms with E-state index in [1.54, 1.807) is 18.5 Å². The Labute approximate surface area is 83.1 Å². The van der Waals surface area contributed by atoms with E-state index in [-0.39, 0.29) is 5.78 Å². The van der Waals surface area contributed by atoms with E-state index in [0.717, 1.165) is 17.8 Å². The Kier molecular flexibility index (Phi) is 2.31. The van der Waals surface area contributed by atoms with Crippen molar-refractivity contribution in [1.29, 1.82) is 0 Å². The maximum absolute atomic E-state index is 11.3. The van der Waals surface area contributed by atoms with Gasteiger partial charge in [-0.05, 0) is 25.1 Å². The first kappa shape index (κ1) is 8.94. The van der Waals surface area contributed by atoms with E-state index in [2.05, 4.69) is 4.98 Å². The van der Waals surface area contributed by atoms with Crippen LogP contribution in [-0.4, -0.2) is 23.9 Å². The molecule has 1 aromatic rings. The van der Waals surface area contributed by atoms with E-state index in [1.165, 1.54) is 0 Å². The van der Waals surface area contributed by atoms with Gasteiger partial charge in [0.1, 0.15) is 0 Å². The maximum atomic E-state index is 11.3. The summed E-state index contributed by atoms with van der Waals surface area (Å²) in [6.07, 6.45) is 5.23. The minimum atomic E-state index is 0.164. The zero-order valence-corrected chi connectivity index (χ0v) is 8.10. The van der Waals surface area contributed by atoms with Crippen LogP contribution in [0.1, 0.15) is 6.92 Å². The lowest BCUT2D eigenvalue weighted by Crippen LogP contribution is -2.34. The Morgan fingerprint density at radius 3 is 2.93 bits per heavy atom. The number of carbonyl (C=O) groups is 1. The number of hydrogen-bond donors (Lipinski definition) is 0. The highest BCUT2D eigenvalue weighted by Crippen LogP contribution is 2.16. The Morgan fingerprint density at radius 1 is 1.43 bits per heavy atom. The van der Waals surface area contributed by atoms with Gasteiger partial charge in [-0.2, -0.15) is 0 Å². The lowest BCUT2D eigenvalue weighted by Gasteiger charge is -2.26. The average Bonchev–Trinajstić information content (AvgIpc) is 2.18. The highest BCUT2D eigenvalue weighted by Gasteiger charge is 2.15. The predicted molar refractivity (Wildman–Crippen MR) is 55.2 cm³/mol. The number of anilines is 1. The van der Waals surface area contributed by atoms with Crippen molar-refractivity contribution in [3.8, 4) is 0 Å². The molecule has 3 nitrogen and oxygen atoms in total. The molecule has 0 saturated heterocycles. The molecule has 1 aromatic heterocycles. The molecule has 0 fully saturated rings. The third kappa shape index (κ3) is 1.82. The number of nitrogens with zero attached hydrogens (tertiary/aromatic N) is 2. The number of ketones is 1. The van der Waals surface area contributed by atoms with Crippen molar-refractivity contribution < 1.29 is 4.79 Å². The van der Waals surface area contributed by atoms with Crippen LogP contribution in [0.4, 0.5) is 5.69 Å². The summed E-state index contributed by atoms with van der Waals surface area (Å²) < 4.78 is 0. The van der Waals surface area contributed by atoms with Gasteiger partial charge in [-0.3, -0.25) is 9.78 Å². The number of pyridine rings is 1. The van der Waals surface area contributed by atoms with E-state index in [0.29, 0.717) is 6.54 Å². The maximum Gasteiger partial charge on any atom is 0.174 e. The summed E-state index contributed by atoms with van der Waals surface area (Å²) >= 11 is 0. The third-order valence-electron chi connectivity index (χ3n) is 2.21. The molecule has 0 radical (unpaired) electrons. The summed E-state index contributed by atoms with van der Waals surface area (Å²) in [5.74, 6) is 0.164. The van der Waals surface area contributed by atoms with Gasteiger partial charge in [0.2, 0.25) is 0 Å². The number of carbonyl (C=O) groups excluding carboxylic acids is 1. The molecular weight excluding hydrogens is 176 g/mol. The van der Waals surface area contributed by atoms with Gasteiger partial charge in [-0.1, -0.05) is 5.57 Å². The Hall–Kier alpha value is -1.64. The van der Waals surface area contributed by atoms with Crippen LogP contribution >= 0.6 is 0 Å². The highest BCUT2D eigenvalue weighted by molar-refractivity contribution is 5.95. The fourth-order valence-electron chi connectivity index (χ4n) is 1.63. The van der Waals surface area contributed by atoms with Gasteiger partial charge in [0.15, 0.2) is 5.78 Å². The topological polar surface area (TPSA) is 33.2 Å². The molecule has 2 rings (SSSR count). The van der Waals surface area contributed by atoms with Crippen molar-refractivity contribution in [2.45, 2.75) is 6.92 Å². The molecule has 14 heavy (non-hydrogen) atoms. The minimum absolute atomic E-state index is 0.164. The van der Waals surface area contributed by atoms with Crippen LogP contribution in [0.2, 0.25) is 0 Å². The monoisotopic (exact) mass is 188 g/mol. The van der Waals surface area contributed by atoms with E-state index in [9.17, 15) is 4.79 Å². The molecular formula is C11H12N2O. The predicted octanol–water partition coefficient (Wildman–Crippen LogP) is 1.42. The SMILES string of the molecule is CC1=CC(=O)CN(c2cccnc2)C1. The summed E-state index contributed by atoms with van der Waals surface area (Å²) in [6, 6.07) is 3.85. The van der Waals surface area contributed by atoms with Gasteiger partial charge < -0.3 is 4.90 Å². The molecule has 1 aliphatic heterocycles. The molecule has 0 amide bonds. The van der Waals surface area contributed by atoms with E-state index in [1.807, 2.05) is 24.0 Å². The van der Waals surface area contributed by atoms with Gasteiger partial charge in [0, 0.05) is 12.7 Å². The smallest absolute Gasteiger partial charge is 0.174 e. The Morgan fingerprint density at radius 2 is 2.29 bits per heavy atom. The molecule has 0 aliphatic carbocycles. The molecule has 0 unspecified atom stereocenters. The van der Waals surface area contributed by atoms with Crippen LogP contribution in [0.3, 0.4) is 0 Å². The molecule has 0 N–H and O–H groups in total. The lowest BCUT2D eigenvalue weighted by atomic mass is 10.1. The van der Waals surface area contributed by atoms with Crippen molar-refractivity contribution in [2.24, 2.45) is 0 Å². The first-order valence-electron chi connectivity index (χ1n) is 4.61. The van der Waals surface area contributed by atoms with Crippen molar-refractivity contribution in [1.82, 2.24) is 4.98 Å². The first-order chi connectivity index (χ1) is 6.75. The van der Waals surface area contributed by atoms with Gasteiger partial charge in [0.05, 0.1) is 18.4 Å². The number of rotatable bonds is 1. The van der Waals surface area contributed by atoms with Crippen molar-refractivity contribution in [3.63, 3.8) is 0 Å². The zero-order valence-electron chi connectivity index (χ0n) is 8.10. The summed E-state index contributed by atoms with van der Waals surface area (Å²) in [4.78, 5) is 17.4. The Bertz CT molecular complexity index is 370. The standard InChI is InChI=1S/C11H12N2O/c1-9-5-11(14)8-13(7-9)10-3-2-4-12-6-10/h2-6H,7-8H2,1H3. The van der Waals surface area contributed by atoms with Crippen LogP contribution in [0.5, 0.6) is 0 Å². The summed E-state index contributed by atoms with van der Waals surface area (Å²) in [6.45, 7) is 3.25. The van der Waals surface area contributed by atoms with Crippen LogP contribution in [0.25, 0.3) is 0 Å². The summed E-state index contributed by atoms with van der Waals surface area (Å²) in [7, 11) is 0. The van der Waals surface area contributed by atoms with E-state index >= 15 is 0 Å². The average molecular weight is 188 g/mol. The van der Waals surface area contributed by atoms with Gasteiger partial charge in [0.25, 0.3) is 0 Å². The van der Waals surface area contributed by atoms with Gasteiger partial charge in [-0.15, -0.1) is 0 Å². The molecule has 0 atom stereocenters. The zero-order chi connectivity index (χ0) is 9.97. The highest BCUT2D eigenvalue weighted by atomic mass is 16.1. The summed E-state index contributed by atoms with van der Waals surface area (Å²) in [5, 5.41) is 0. The molecule has 1 aliphatic rings. The van der Waals surface area contributed by atoms with Crippen LogP contribution in [0.15, 0.2) is 36.2 Å². The van der Waals surface area contributed by atoms with Crippen LogP contribution in [0, 0.1) is 0 Å². The van der Waals surface area contributed by atoms with Gasteiger partial charge >= 0.3 is 0 Å². The molecule has 72 valence electrons.